The quantitative estimate of drug-likeness (QED) is 0.853. The SMILES string of the molecule is CCc1ccc(S(=O)(=O)N(C)C)c(C(F)(F)F)c1. The van der Waals surface area contributed by atoms with Crippen molar-refractivity contribution >= 4 is 10.0 Å². The minimum absolute atomic E-state index is 0.408. The Bertz CT molecular complexity index is 536. The first-order valence-electron chi connectivity index (χ1n) is 5.23. The number of aryl methyl sites for hydroxylation is 1. The van der Waals surface area contributed by atoms with Gasteiger partial charge in [-0.2, -0.15) is 13.2 Å². The fourth-order valence-electron chi connectivity index (χ4n) is 1.44. The summed E-state index contributed by atoms with van der Waals surface area (Å²) in [6, 6.07) is 3.29. The Hall–Kier alpha value is -1.08. The van der Waals surface area contributed by atoms with Gasteiger partial charge in [-0.3, -0.25) is 0 Å². The molecule has 0 fully saturated rings. The van der Waals surface area contributed by atoms with Gasteiger partial charge in [0.05, 0.1) is 10.5 Å². The summed E-state index contributed by atoms with van der Waals surface area (Å²) in [6.07, 6.45) is -4.28. The Morgan fingerprint density at radius 2 is 1.78 bits per heavy atom. The second-order valence-corrected chi connectivity index (χ2v) is 6.09. The van der Waals surface area contributed by atoms with Gasteiger partial charge in [-0.05, 0) is 24.1 Å². The fourth-order valence-corrected chi connectivity index (χ4v) is 2.53. The molecule has 1 aromatic rings. The van der Waals surface area contributed by atoms with E-state index in [0.717, 1.165) is 16.4 Å². The van der Waals surface area contributed by atoms with E-state index in [-0.39, 0.29) is 0 Å². The van der Waals surface area contributed by atoms with Crippen molar-refractivity contribution < 1.29 is 21.6 Å². The molecule has 0 N–H and O–H groups in total. The molecule has 7 heteroatoms. The third-order valence-electron chi connectivity index (χ3n) is 2.52. The molecule has 0 aliphatic carbocycles. The lowest BCUT2D eigenvalue weighted by atomic mass is 10.1. The van der Waals surface area contributed by atoms with Crippen LogP contribution < -0.4 is 0 Å². The van der Waals surface area contributed by atoms with E-state index >= 15 is 0 Å². The van der Waals surface area contributed by atoms with Crippen LogP contribution in [-0.2, 0) is 22.6 Å². The van der Waals surface area contributed by atoms with Gasteiger partial charge < -0.3 is 0 Å². The standard InChI is InChI=1S/C11H14F3NO2S/c1-4-8-5-6-10(18(16,17)15(2)3)9(7-8)11(12,13)14/h5-7H,4H2,1-3H3. The van der Waals surface area contributed by atoms with Gasteiger partial charge in [0.2, 0.25) is 10.0 Å². The molecular formula is C11H14F3NO2S. The predicted molar refractivity (Wildman–Crippen MR) is 61.7 cm³/mol. The molecule has 0 aliphatic rings. The van der Waals surface area contributed by atoms with Crippen molar-refractivity contribution in [2.24, 2.45) is 0 Å². The molecule has 0 amide bonds. The average molecular weight is 281 g/mol. The van der Waals surface area contributed by atoms with E-state index in [1.54, 1.807) is 6.92 Å². The summed E-state index contributed by atoms with van der Waals surface area (Å²) < 4.78 is 63.0. The Kier molecular flexibility index (Phi) is 4.07. The summed E-state index contributed by atoms with van der Waals surface area (Å²) in [4.78, 5) is -0.711. The van der Waals surface area contributed by atoms with Crippen molar-refractivity contribution in [2.75, 3.05) is 14.1 Å². The number of nitrogens with zero attached hydrogens (tertiary/aromatic N) is 1. The first kappa shape index (κ1) is 15.0. The molecule has 3 nitrogen and oxygen atoms in total. The Labute approximate surface area is 104 Å². The molecular weight excluding hydrogens is 267 g/mol. The van der Waals surface area contributed by atoms with E-state index < -0.39 is 26.7 Å². The highest BCUT2D eigenvalue weighted by atomic mass is 32.2. The van der Waals surface area contributed by atoms with Crippen LogP contribution in [0.4, 0.5) is 13.2 Å². The zero-order valence-electron chi connectivity index (χ0n) is 10.2. The normalized spacial score (nSPS) is 13.1. The van der Waals surface area contributed by atoms with Crippen molar-refractivity contribution in [1.29, 1.82) is 0 Å². The zero-order valence-corrected chi connectivity index (χ0v) is 11.1. The van der Waals surface area contributed by atoms with E-state index in [4.69, 9.17) is 0 Å². The highest BCUT2D eigenvalue weighted by molar-refractivity contribution is 7.89. The number of alkyl halides is 3. The van der Waals surface area contributed by atoms with Crippen LogP contribution >= 0.6 is 0 Å². The van der Waals surface area contributed by atoms with E-state index in [9.17, 15) is 21.6 Å². The van der Waals surface area contributed by atoms with E-state index in [1.807, 2.05) is 0 Å². The summed E-state index contributed by atoms with van der Waals surface area (Å²) in [7, 11) is -1.71. The van der Waals surface area contributed by atoms with Crippen LogP contribution in [0.3, 0.4) is 0 Å². The van der Waals surface area contributed by atoms with Gasteiger partial charge in [0.1, 0.15) is 0 Å². The zero-order chi connectivity index (χ0) is 14.1. The Morgan fingerprint density at radius 1 is 1.22 bits per heavy atom. The van der Waals surface area contributed by atoms with Gasteiger partial charge in [0, 0.05) is 14.1 Å². The molecule has 0 spiro atoms. The van der Waals surface area contributed by atoms with Gasteiger partial charge in [-0.25, -0.2) is 12.7 Å². The van der Waals surface area contributed by atoms with Gasteiger partial charge in [0.25, 0.3) is 0 Å². The second kappa shape index (κ2) is 4.89. The van der Waals surface area contributed by atoms with Crippen LogP contribution in [0.15, 0.2) is 23.1 Å². The maximum Gasteiger partial charge on any atom is 0.417 e. The van der Waals surface area contributed by atoms with E-state index in [1.165, 1.54) is 20.2 Å². The van der Waals surface area contributed by atoms with Crippen molar-refractivity contribution in [3.63, 3.8) is 0 Å². The smallest absolute Gasteiger partial charge is 0.207 e. The summed E-state index contributed by atoms with van der Waals surface area (Å²) in [5.74, 6) is 0. The molecule has 0 aromatic heterocycles. The molecule has 0 heterocycles. The number of benzene rings is 1. The Morgan fingerprint density at radius 3 is 2.17 bits per heavy atom. The first-order valence-corrected chi connectivity index (χ1v) is 6.67. The summed E-state index contributed by atoms with van der Waals surface area (Å²) >= 11 is 0. The van der Waals surface area contributed by atoms with Gasteiger partial charge >= 0.3 is 6.18 Å². The predicted octanol–water partition coefficient (Wildman–Crippen LogP) is 2.52. The lowest BCUT2D eigenvalue weighted by Crippen LogP contribution is -2.25. The van der Waals surface area contributed by atoms with Crippen molar-refractivity contribution in [1.82, 2.24) is 4.31 Å². The highest BCUT2D eigenvalue weighted by Crippen LogP contribution is 2.35. The van der Waals surface area contributed by atoms with Gasteiger partial charge in [-0.15, -0.1) is 0 Å². The largest absolute Gasteiger partial charge is 0.417 e. The summed E-state index contributed by atoms with van der Waals surface area (Å²) in [5.41, 5.74) is -0.671. The number of halogens is 3. The maximum atomic E-state index is 12.9. The molecule has 0 bridgehead atoms. The molecule has 0 aliphatic heterocycles. The fraction of sp³-hybridized carbons (Fsp3) is 0.455. The third-order valence-corrected chi connectivity index (χ3v) is 4.39. The molecule has 18 heavy (non-hydrogen) atoms. The van der Waals surface area contributed by atoms with Crippen molar-refractivity contribution in [3.8, 4) is 0 Å². The molecule has 0 atom stereocenters. The van der Waals surface area contributed by atoms with E-state index in [0.29, 0.717) is 12.0 Å². The van der Waals surface area contributed by atoms with Crippen molar-refractivity contribution in [2.45, 2.75) is 24.4 Å². The van der Waals surface area contributed by atoms with Crippen LogP contribution in [0.2, 0.25) is 0 Å². The van der Waals surface area contributed by atoms with Crippen LogP contribution in [0.1, 0.15) is 18.1 Å². The van der Waals surface area contributed by atoms with Crippen LogP contribution in [0.25, 0.3) is 0 Å². The monoisotopic (exact) mass is 281 g/mol. The third kappa shape index (κ3) is 2.84. The van der Waals surface area contributed by atoms with Crippen molar-refractivity contribution in [3.05, 3.63) is 29.3 Å². The molecule has 0 radical (unpaired) electrons. The second-order valence-electron chi connectivity index (χ2n) is 3.97. The average Bonchev–Trinajstić information content (AvgIpc) is 2.26. The molecule has 0 unspecified atom stereocenters. The topological polar surface area (TPSA) is 37.4 Å². The number of hydrogen-bond acceptors (Lipinski definition) is 2. The van der Waals surface area contributed by atoms with Crippen LogP contribution in [0.5, 0.6) is 0 Å². The lowest BCUT2D eigenvalue weighted by molar-refractivity contribution is -0.140. The molecule has 102 valence electrons. The van der Waals surface area contributed by atoms with Crippen LogP contribution in [0, 0.1) is 0 Å². The number of hydrogen-bond donors (Lipinski definition) is 0. The van der Waals surface area contributed by atoms with Gasteiger partial charge in [-0.1, -0.05) is 13.0 Å². The maximum absolute atomic E-state index is 12.9. The van der Waals surface area contributed by atoms with E-state index in [2.05, 4.69) is 0 Å². The summed E-state index contributed by atoms with van der Waals surface area (Å²) in [5, 5.41) is 0. The molecule has 0 saturated heterocycles. The highest BCUT2D eigenvalue weighted by Gasteiger charge is 2.37. The lowest BCUT2D eigenvalue weighted by Gasteiger charge is -2.17. The number of sulfonamides is 1. The molecule has 0 saturated carbocycles. The molecule has 1 aromatic carbocycles. The van der Waals surface area contributed by atoms with Gasteiger partial charge in [0.15, 0.2) is 0 Å². The molecule has 1 rings (SSSR count). The minimum atomic E-state index is -4.69. The number of rotatable bonds is 3. The Balaban J connectivity index is 3.56. The summed E-state index contributed by atoms with van der Waals surface area (Å²) in [6.45, 7) is 1.70. The first-order chi connectivity index (χ1) is 8.10. The van der Waals surface area contributed by atoms with Crippen LogP contribution in [-0.4, -0.2) is 26.8 Å². The minimum Gasteiger partial charge on any atom is -0.207 e.